The Morgan fingerprint density at radius 2 is 2.32 bits per heavy atom. The second-order valence-electron chi connectivity index (χ2n) is 5.89. The van der Waals surface area contributed by atoms with Gasteiger partial charge in [-0.25, -0.2) is 4.79 Å². The van der Waals surface area contributed by atoms with Crippen LogP contribution in [0.2, 0.25) is 0 Å². The Balaban J connectivity index is 1.74. The van der Waals surface area contributed by atoms with E-state index in [9.17, 15) is 19.5 Å². The monoisotopic (exact) mass is 447 g/mol. The molecule has 1 saturated heterocycles. The zero-order valence-electron chi connectivity index (χ0n) is 14.8. The summed E-state index contributed by atoms with van der Waals surface area (Å²) in [6, 6.07) is -0.884. The molecule has 0 aromatic carbocycles. The summed E-state index contributed by atoms with van der Waals surface area (Å²) in [5.74, 6) is -1.16. The van der Waals surface area contributed by atoms with Crippen LogP contribution in [-0.2, 0) is 24.0 Å². The molecule has 2 amide bonds. The maximum Gasteiger partial charge on any atom is 0.353 e. The van der Waals surface area contributed by atoms with Gasteiger partial charge in [-0.1, -0.05) is 23.7 Å². The number of nitrogens with one attached hydrogen (secondary N) is 1. The molecule has 3 aliphatic heterocycles. The van der Waals surface area contributed by atoms with Crippen molar-refractivity contribution >= 4 is 58.6 Å². The topological polar surface area (TPSA) is 118 Å². The van der Waals surface area contributed by atoms with Gasteiger partial charge in [0.05, 0.1) is 11.6 Å². The van der Waals surface area contributed by atoms with Gasteiger partial charge in [0, 0.05) is 16.9 Å². The van der Waals surface area contributed by atoms with Crippen molar-refractivity contribution in [2.24, 2.45) is 5.16 Å². The van der Waals surface area contributed by atoms with Crippen molar-refractivity contribution in [3.05, 3.63) is 21.9 Å². The molecule has 28 heavy (non-hydrogen) atoms. The van der Waals surface area contributed by atoms with Crippen LogP contribution in [0.3, 0.4) is 0 Å². The van der Waals surface area contributed by atoms with E-state index in [1.807, 2.05) is 6.92 Å². The Morgan fingerprint density at radius 1 is 1.54 bits per heavy atom. The number of carbonyl (C=O) groups excluding carboxylic acids is 2. The van der Waals surface area contributed by atoms with Crippen molar-refractivity contribution in [1.29, 1.82) is 0 Å². The molecule has 0 aliphatic carbocycles. The highest BCUT2D eigenvalue weighted by atomic mass is 35.5. The number of aliphatic carboxylic acids is 1. The molecule has 0 bridgehead atoms. The van der Waals surface area contributed by atoms with Crippen molar-refractivity contribution in [2.45, 2.75) is 24.8 Å². The summed E-state index contributed by atoms with van der Waals surface area (Å²) >= 11 is 8.71. The largest absolute Gasteiger partial charge is 0.490 e. The minimum Gasteiger partial charge on any atom is -0.490 e. The first kappa shape index (κ1) is 20.9. The fourth-order valence-electron chi connectivity index (χ4n) is 2.68. The smallest absolute Gasteiger partial charge is 0.353 e. The van der Waals surface area contributed by atoms with Crippen molar-refractivity contribution in [2.75, 3.05) is 24.7 Å². The highest BCUT2D eigenvalue weighted by Crippen LogP contribution is 2.41. The summed E-state index contributed by atoms with van der Waals surface area (Å²) in [5.41, 5.74) is -0.296. The number of fused-ring (bicyclic) bond motifs is 1. The standard InChI is InChI=1S/C16H18ClN3O6S2/c1-2-3-26-19-10(9-7-27-5-4-25-9)13(21)18-11-14(22)20-12(16(23)24)8(17)6-28-15(11)20/h7,11,15H,2-6H2,1H3,(H,18,21)(H,23,24)/t11?,15-/m1/s1. The molecular formula is C16H18ClN3O6S2. The van der Waals surface area contributed by atoms with Gasteiger partial charge in [-0.2, -0.15) is 0 Å². The minimum atomic E-state index is -1.28. The van der Waals surface area contributed by atoms with E-state index in [0.717, 1.165) is 10.7 Å². The van der Waals surface area contributed by atoms with Crippen LogP contribution in [0.25, 0.3) is 0 Å². The molecule has 3 heterocycles. The van der Waals surface area contributed by atoms with Crippen molar-refractivity contribution < 1.29 is 29.1 Å². The average molecular weight is 448 g/mol. The zero-order chi connectivity index (χ0) is 20.3. The highest BCUT2D eigenvalue weighted by Gasteiger charge is 2.54. The van der Waals surface area contributed by atoms with E-state index in [1.54, 1.807) is 5.41 Å². The summed E-state index contributed by atoms with van der Waals surface area (Å²) in [6.07, 6.45) is 0.715. The van der Waals surface area contributed by atoms with Gasteiger partial charge in [0.2, 0.25) is 5.71 Å². The number of oxime groups is 1. The van der Waals surface area contributed by atoms with E-state index >= 15 is 0 Å². The van der Waals surface area contributed by atoms with Gasteiger partial charge in [0.15, 0.2) is 5.76 Å². The fourth-order valence-corrected chi connectivity index (χ4v) is 4.86. The number of carboxylic acid groups (broad SMARTS) is 1. The molecule has 0 aromatic heterocycles. The van der Waals surface area contributed by atoms with E-state index in [2.05, 4.69) is 10.5 Å². The first-order valence-electron chi connectivity index (χ1n) is 8.48. The number of amides is 2. The number of nitrogens with zero attached hydrogens (tertiary/aromatic N) is 2. The molecule has 2 N–H and O–H groups in total. The van der Waals surface area contributed by atoms with Crippen LogP contribution in [0.5, 0.6) is 0 Å². The highest BCUT2D eigenvalue weighted by molar-refractivity contribution is 8.02. The van der Waals surface area contributed by atoms with E-state index in [4.69, 9.17) is 21.2 Å². The molecular weight excluding hydrogens is 430 g/mol. The number of carboxylic acids is 1. The summed E-state index contributed by atoms with van der Waals surface area (Å²) in [4.78, 5) is 42.9. The maximum atomic E-state index is 12.8. The van der Waals surface area contributed by atoms with Gasteiger partial charge in [0.1, 0.15) is 23.7 Å². The Kier molecular flexibility index (Phi) is 6.78. The Labute approximate surface area is 174 Å². The van der Waals surface area contributed by atoms with Gasteiger partial charge in [-0.05, 0) is 6.42 Å². The number of β-lactam (4-membered cyclic amide) rings is 1. The van der Waals surface area contributed by atoms with Crippen LogP contribution in [0.4, 0.5) is 0 Å². The molecule has 0 saturated carbocycles. The number of hydrogen-bond acceptors (Lipinski definition) is 8. The van der Waals surface area contributed by atoms with Crippen molar-refractivity contribution in [3.63, 3.8) is 0 Å². The van der Waals surface area contributed by atoms with Crippen molar-refractivity contribution in [1.82, 2.24) is 10.2 Å². The first-order valence-corrected chi connectivity index (χ1v) is 11.0. The number of carbonyl (C=O) groups is 3. The molecule has 0 radical (unpaired) electrons. The second-order valence-corrected chi connectivity index (χ2v) is 8.43. The fraction of sp³-hybridized carbons (Fsp3) is 0.500. The molecule has 9 nitrogen and oxygen atoms in total. The third kappa shape index (κ3) is 4.11. The van der Waals surface area contributed by atoms with Crippen LogP contribution in [0.1, 0.15) is 13.3 Å². The van der Waals surface area contributed by atoms with E-state index in [0.29, 0.717) is 19.6 Å². The first-order chi connectivity index (χ1) is 13.5. The van der Waals surface area contributed by atoms with Gasteiger partial charge in [-0.15, -0.1) is 23.5 Å². The molecule has 0 aromatic rings. The Morgan fingerprint density at radius 3 is 2.96 bits per heavy atom. The predicted octanol–water partition coefficient (Wildman–Crippen LogP) is 1.31. The van der Waals surface area contributed by atoms with E-state index in [-0.39, 0.29) is 28.0 Å². The summed E-state index contributed by atoms with van der Waals surface area (Å²) in [5, 5.41) is 17.0. The lowest BCUT2D eigenvalue weighted by Gasteiger charge is -2.48. The summed E-state index contributed by atoms with van der Waals surface area (Å²) in [7, 11) is 0. The molecule has 2 atom stereocenters. The lowest BCUT2D eigenvalue weighted by Crippen LogP contribution is -2.71. The van der Waals surface area contributed by atoms with E-state index in [1.165, 1.54) is 23.5 Å². The summed E-state index contributed by atoms with van der Waals surface area (Å²) in [6.45, 7) is 2.66. The van der Waals surface area contributed by atoms with Crippen LogP contribution in [0, 0.1) is 0 Å². The van der Waals surface area contributed by atoms with Crippen LogP contribution in [0.15, 0.2) is 27.1 Å². The molecule has 3 aliphatic rings. The molecule has 3 rings (SSSR count). The van der Waals surface area contributed by atoms with Crippen LogP contribution in [-0.4, -0.2) is 69.6 Å². The SMILES string of the molecule is CCCON=C(C(=O)NC1C(=O)N2C(C(=O)O)=C(Cl)CS[C@H]12)C1=CSCCO1. The van der Waals surface area contributed by atoms with E-state index < -0.39 is 29.2 Å². The maximum absolute atomic E-state index is 12.8. The predicted molar refractivity (Wildman–Crippen MR) is 106 cm³/mol. The molecule has 1 fully saturated rings. The van der Waals surface area contributed by atoms with Gasteiger partial charge in [-0.3, -0.25) is 14.5 Å². The van der Waals surface area contributed by atoms with Gasteiger partial charge >= 0.3 is 5.97 Å². The molecule has 152 valence electrons. The lowest BCUT2D eigenvalue weighted by atomic mass is 10.0. The van der Waals surface area contributed by atoms with Gasteiger partial charge in [0.25, 0.3) is 11.8 Å². The normalized spacial score (nSPS) is 24.6. The lowest BCUT2D eigenvalue weighted by molar-refractivity contribution is -0.150. The second kappa shape index (κ2) is 9.10. The quantitative estimate of drug-likeness (QED) is 0.259. The average Bonchev–Trinajstić information content (AvgIpc) is 2.69. The molecule has 1 unspecified atom stereocenters. The van der Waals surface area contributed by atoms with Crippen LogP contribution >= 0.6 is 35.1 Å². The molecule has 12 heteroatoms. The minimum absolute atomic E-state index is 0.0558. The van der Waals surface area contributed by atoms with Crippen LogP contribution < -0.4 is 5.32 Å². The number of halogens is 1. The Hall–Kier alpha value is -1.85. The number of ether oxygens (including phenoxy) is 1. The summed E-state index contributed by atoms with van der Waals surface area (Å²) < 4.78 is 5.49. The number of rotatable bonds is 7. The third-order valence-corrected chi connectivity index (χ3v) is 6.49. The zero-order valence-corrected chi connectivity index (χ0v) is 17.2. The third-order valence-electron chi connectivity index (χ3n) is 3.96. The molecule has 0 spiro atoms. The van der Waals surface area contributed by atoms with Gasteiger partial charge < -0.3 is 20.0 Å². The number of thioether (sulfide) groups is 2. The number of hydrogen-bond donors (Lipinski definition) is 2. The Bertz CT molecular complexity index is 784. The van der Waals surface area contributed by atoms with Crippen molar-refractivity contribution in [3.8, 4) is 0 Å².